The van der Waals surface area contributed by atoms with E-state index in [0.717, 1.165) is 23.7 Å². The Balaban J connectivity index is 1.66. The average molecular weight is 439 g/mol. The van der Waals surface area contributed by atoms with Crippen molar-refractivity contribution in [3.05, 3.63) is 28.3 Å². The van der Waals surface area contributed by atoms with E-state index in [2.05, 4.69) is 15.3 Å². The van der Waals surface area contributed by atoms with Crippen LogP contribution in [-0.2, 0) is 0 Å². The fraction of sp³-hybridized carbons (Fsp3) is 0.800. The molecule has 1 unspecified atom stereocenters. The number of hydrogen-bond donors (Lipinski definition) is 0. The Labute approximate surface area is 194 Å². The molecule has 4 saturated carbocycles. The number of benzene rings is 1. The van der Waals surface area contributed by atoms with Gasteiger partial charge in [-0.15, -0.1) is 9.24 Å². The number of hydrogen-bond acceptors (Lipinski definition) is 0. The van der Waals surface area contributed by atoms with Gasteiger partial charge in [0.05, 0.1) is 0 Å². The van der Waals surface area contributed by atoms with E-state index in [1.54, 1.807) is 5.30 Å². The van der Waals surface area contributed by atoms with E-state index >= 15 is 0 Å². The van der Waals surface area contributed by atoms with Gasteiger partial charge in [-0.25, -0.2) is 0 Å². The minimum atomic E-state index is 0.848. The van der Waals surface area contributed by atoms with Gasteiger partial charge in [0.1, 0.15) is 0 Å². The minimum absolute atomic E-state index is 0.848. The van der Waals surface area contributed by atoms with Crippen LogP contribution in [0, 0.1) is 0 Å². The Morgan fingerprint density at radius 3 is 1.23 bits per heavy atom. The second-order valence-corrected chi connectivity index (χ2v) is 12.3. The van der Waals surface area contributed by atoms with Crippen LogP contribution in [0.4, 0.5) is 0 Å². The van der Waals surface area contributed by atoms with Crippen molar-refractivity contribution in [3.8, 4) is 0 Å². The fourth-order valence-corrected chi connectivity index (χ4v) is 8.63. The van der Waals surface area contributed by atoms with E-state index in [1.165, 1.54) is 128 Å². The van der Waals surface area contributed by atoms with Gasteiger partial charge in [-0.05, 0) is 103 Å². The molecule has 0 N–H and O–H groups in total. The zero-order valence-corrected chi connectivity index (χ0v) is 21.3. The summed E-state index contributed by atoms with van der Waals surface area (Å²) < 4.78 is 0. The van der Waals surface area contributed by atoms with Crippen molar-refractivity contribution in [1.29, 1.82) is 0 Å². The van der Waals surface area contributed by atoms with Gasteiger partial charge in [0, 0.05) is 0 Å². The molecule has 31 heavy (non-hydrogen) atoms. The van der Waals surface area contributed by atoms with Gasteiger partial charge in [0.2, 0.25) is 0 Å². The molecule has 172 valence electrons. The van der Waals surface area contributed by atoms with Gasteiger partial charge in [-0.1, -0.05) is 83.1 Å². The molecule has 0 nitrogen and oxygen atoms in total. The molecule has 0 spiro atoms. The Kier molecular flexibility index (Phi) is 7.76. The third kappa shape index (κ3) is 4.95. The van der Waals surface area contributed by atoms with E-state index in [1.807, 2.05) is 22.3 Å². The molecule has 0 bridgehead atoms. The van der Waals surface area contributed by atoms with Crippen LogP contribution >= 0.6 is 9.24 Å². The van der Waals surface area contributed by atoms with Crippen LogP contribution in [-0.4, -0.2) is 0 Å². The second kappa shape index (κ2) is 10.7. The Bertz CT molecular complexity index is 710. The Morgan fingerprint density at radius 2 is 0.774 bits per heavy atom. The minimum Gasteiger partial charge on any atom is -0.105 e. The highest BCUT2D eigenvalue weighted by atomic mass is 31.0. The molecule has 0 aliphatic heterocycles. The standard InChI is InChI=1S/C30H47P/c31-27-21-26(22-13-5-1-6-14-22)28(23-15-7-2-8-16-23)30(25-19-11-4-12-20-25)29(27)24-17-9-3-10-18-24/h21-25H,1-20,31H2. The Hall–Kier alpha value is -0.350. The first kappa shape index (κ1) is 22.4. The lowest BCUT2D eigenvalue weighted by Crippen LogP contribution is -2.25. The largest absolute Gasteiger partial charge is 0.105 e. The summed E-state index contributed by atoms with van der Waals surface area (Å²) in [5, 5.41) is 1.62. The van der Waals surface area contributed by atoms with Gasteiger partial charge in [-0.2, -0.15) is 0 Å². The van der Waals surface area contributed by atoms with E-state index in [9.17, 15) is 0 Å². The van der Waals surface area contributed by atoms with Crippen molar-refractivity contribution >= 4 is 14.5 Å². The summed E-state index contributed by atoms with van der Waals surface area (Å²) in [6.07, 6.45) is 29.3. The van der Waals surface area contributed by atoms with Crippen LogP contribution in [0.25, 0.3) is 0 Å². The summed E-state index contributed by atoms with van der Waals surface area (Å²) in [4.78, 5) is 0. The average Bonchev–Trinajstić information content (AvgIpc) is 2.85. The first-order valence-electron chi connectivity index (χ1n) is 14.3. The fourth-order valence-electron chi connectivity index (χ4n) is 8.06. The first-order valence-corrected chi connectivity index (χ1v) is 14.9. The zero-order chi connectivity index (χ0) is 21.0. The predicted octanol–water partition coefficient (Wildman–Crippen LogP) is 9.38. The molecule has 5 rings (SSSR count). The van der Waals surface area contributed by atoms with E-state index in [0.29, 0.717) is 0 Å². The maximum atomic E-state index is 3.28. The highest BCUT2D eigenvalue weighted by molar-refractivity contribution is 7.27. The van der Waals surface area contributed by atoms with Crippen LogP contribution in [0.2, 0.25) is 0 Å². The van der Waals surface area contributed by atoms with Crippen molar-refractivity contribution in [3.63, 3.8) is 0 Å². The predicted molar refractivity (Wildman–Crippen MR) is 139 cm³/mol. The van der Waals surface area contributed by atoms with Crippen LogP contribution in [0.5, 0.6) is 0 Å². The van der Waals surface area contributed by atoms with Crippen LogP contribution in [0.3, 0.4) is 0 Å². The monoisotopic (exact) mass is 438 g/mol. The molecule has 1 atom stereocenters. The third-order valence-electron chi connectivity index (χ3n) is 9.60. The molecule has 4 aliphatic rings. The molecule has 0 amide bonds. The van der Waals surface area contributed by atoms with E-state index < -0.39 is 0 Å². The lowest BCUT2D eigenvalue weighted by Gasteiger charge is -2.39. The van der Waals surface area contributed by atoms with Crippen molar-refractivity contribution in [2.24, 2.45) is 0 Å². The van der Waals surface area contributed by atoms with Crippen molar-refractivity contribution in [2.75, 3.05) is 0 Å². The maximum absolute atomic E-state index is 3.28. The van der Waals surface area contributed by atoms with Crippen molar-refractivity contribution in [2.45, 2.75) is 152 Å². The molecule has 0 saturated heterocycles. The topological polar surface area (TPSA) is 0 Å². The first-order chi connectivity index (χ1) is 15.3. The lowest BCUT2D eigenvalue weighted by molar-refractivity contribution is 0.395. The molecule has 4 fully saturated rings. The van der Waals surface area contributed by atoms with Gasteiger partial charge in [0.25, 0.3) is 0 Å². The SMILES string of the molecule is Pc1cc(C2CCCCC2)c(C2CCCCC2)c(C2CCCCC2)c1C1CCCCC1. The molecule has 4 aliphatic carbocycles. The molecular formula is C30H47P. The molecule has 0 aromatic heterocycles. The molecule has 1 aromatic rings. The van der Waals surface area contributed by atoms with Gasteiger partial charge in [0.15, 0.2) is 0 Å². The van der Waals surface area contributed by atoms with Gasteiger partial charge >= 0.3 is 0 Å². The summed E-state index contributed by atoms with van der Waals surface area (Å²) in [5.74, 6) is 3.44. The molecule has 1 aromatic carbocycles. The Morgan fingerprint density at radius 1 is 0.419 bits per heavy atom. The molecule has 0 radical (unpaired) electrons. The van der Waals surface area contributed by atoms with Crippen molar-refractivity contribution in [1.82, 2.24) is 0 Å². The highest BCUT2D eigenvalue weighted by Gasteiger charge is 2.34. The lowest BCUT2D eigenvalue weighted by atomic mass is 9.67. The van der Waals surface area contributed by atoms with E-state index in [4.69, 9.17) is 0 Å². The summed E-state index contributed by atoms with van der Waals surface area (Å²) >= 11 is 0. The van der Waals surface area contributed by atoms with Crippen LogP contribution in [0.15, 0.2) is 6.07 Å². The van der Waals surface area contributed by atoms with Gasteiger partial charge in [-0.3, -0.25) is 0 Å². The number of rotatable bonds is 4. The molecule has 0 heterocycles. The molecular weight excluding hydrogens is 391 g/mol. The normalized spacial score (nSPS) is 25.7. The summed E-state index contributed by atoms with van der Waals surface area (Å²) in [6, 6.07) is 2.74. The quantitative estimate of drug-likeness (QED) is 0.411. The smallest absolute Gasteiger partial charge is 0.0153 e. The van der Waals surface area contributed by atoms with E-state index in [-0.39, 0.29) is 0 Å². The third-order valence-corrected chi connectivity index (χ3v) is 10.1. The maximum Gasteiger partial charge on any atom is -0.0153 e. The highest BCUT2D eigenvalue weighted by Crippen LogP contribution is 2.50. The zero-order valence-electron chi connectivity index (χ0n) is 20.1. The summed E-state index contributed by atoms with van der Waals surface area (Å²) in [6.45, 7) is 0. The van der Waals surface area contributed by atoms with Crippen molar-refractivity contribution < 1.29 is 0 Å². The summed E-state index contributed by atoms with van der Waals surface area (Å²) in [7, 11) is 3.28. The second-order valence-electron chi connectivity index (χ2n) is 11.6. The summed E-state index contributed by atoms with van der Waals surface area (Å²) in [5.41, 5.74) is 7.60. The van der Waals surface area contributed by atoms with Crippen LogP contribution in [0.1, 0.15) is 174 Å². The van der Waals surface area contributed by atoms with Crippen LogP contribution < -0.4 is 5.30 Å². The van der Waals surface area contributed by atoms with Gasteiger partial charge < -0.3 is 0 Å². The molecule has 1 heteroatoms.